The maximum atomic E-state index is 11.9. The van der Waals surface area contributed by atoms with E-state index in [9.17, 15) is 13.2 Å². The number of thiophene rings is 1. The van der Waals surface area contributed by atoms with Crippen molar-refractivity contribution in [1.29, 1.82) is 0 Å². The molecule has 0 radical (unpaired) electrons. The van der Waals surface area contributed by atoms with Crippen LogP contribution in [-0.2, 0) is 14.7 Å². The van der Waals surface area contributed by atoms with Crippen LogP contribution in [0.2, 0.25) is 0 Å². The van der Waals surface area contributed by atoms with Gasteiger partial charge in [0.15, 0.2) is 15.7 Å². The molecule has 1 aromatic heterocycles. The molecule has 0 fully saturated rings. The second-order valence-electron chi connectivity index (χ2n) is 4.14. The fraction of sp³-hybridized carbons (Fsp3) is 0.0769. The minimum Gasteiger partial charge on any atom is -0.384 e. The zero-order valence-corrected chi connectivity index (χ0v) is 12.9. The molecule has 0 saturated carbocycles. The van der Waals surface area contributed by atoms with Gasteiger partial charge in [0.25, 0.3) is 0 Å². The summed E-state index contributed by atoms with van der Waals surface area (Å²) in [6.45, 7) is 0. The Morgan fingerprint density at radius 3 is 2.59 bits per heavy atom. The van der Waals surface area contributed by atoms with Crippen molar-refractivity contribution in [2.45, 2.75) is 4.21 Å². The third-order valence-electron chi connectivity index (χ3n) is 2.41. The number of benzene rings is 1. The van der Waals surface area contributed by atoms with Crippen LogP contribution in [-0.4, -0.2) is 26.1 Å². The van der Waals surface area contributed by atoms with E-state index in [1.807, 2.05) is 0 Å². The molecule has 7 nitrogen and oxygen atoms in total. The first-order valence-corrected chi connectivity index (χ1v) is 8.62. The molecule has 0 saturated heterocycles. The van der Waals surface area contributed by atoms with Crippen LogP contribution in [0.15, 0.2) is 57.2 Å². The monoisotopic (exact) mass is 339 g/mol. The number of sulfone groups is 1. The molecule has 1 heterocycles. The first-order valence-electron chi connectivity index (χ1n) is 6.09. The average molecular weight is 339 g/mol. The first-order chi connectivity index (χ1) is 10.5. The SMILES string of the molecule is NC(CS(=O)(=O)c1cccs1)=NOC(=O)Nc1ccccc1. The fourth-order valence-corrected chi connectivity index (χ4v) is 3.74. The lowest BCUT2D eigenvalue weighted by Crippen LogP contribution is -2.24. The summed E-state index contributed by atoms with van der Waals surface area (Å²) in [5, 5.41) is 7.38. The second-order valence-corrected chi connectivity index (χ2v) is 7.31. The largest absolute Gasteiger partial charge is 0.437 e. The Morgan fingerprint density at radius 2 is 1.95 bits per heavy atom. The van der Waals surface area contributed by atoms with Gasteiger partial charge in [-0.05, 0) is 23.6 Å². The molecule has 0 aliphatic rings. The number of anilines is 1. The van der Waals surface area contributed by atoms with E-state index < -0.39 is 21.7 Å². The van der Waals surface area contributed by atoms with Gasteiger partial charge in [0.1, 0.15) is 9.96 Å². The molecule has 22 heavy (non-hydrogen) atoms. The number of nitrogens with zero attached hydrogens (tertiary/aromatic N) is 1. The van der Waals surface area contributed by atoms with Crippen molar-refractivity contribution in [3.63, 3.8) is 0 Å². The summed E-state index contributed by atoms with van der Waals surface area (Å²) in [5.74, 6) is -0.830. The van der Waals surface area contributed by atoms with E-state index in [-0.39, 0.29) is 10.0 Å². The summed E-state index contributed by atoms with van der Waals surface area (Å²) >= 11 is 1.08. The predicted molar refractivity (Wildman–Crippen MR) is 84.5 cm³/mol. The summed E-state index contributed by atoms with van der Waals surface area (Å²) in [6, 6.07) is 11.7. The van der Waals surface area contributed by atoms with Gasteiger partial charge in [0, 0.05) is 5.69 Å². The van der Waals surface area contributed by atoms with Crippen LogP contribution in [0.5, 0.6) is 0 Å². The summed E-state index contributed by atoms with van der Waals surface area (Å²) in [4.78, 5) is 16.0. The molecule has 9 heteroatoms. The van der Waals surface area contributed by atoms with E-state index >= 15 is 0 Å². The van der Waals surface area contributed by atoms with Gasteiger partial charge in [-0.15, -0.1) is 11.3 Å². The Bertz CT molecular complexity index is 756. The Balaban J connectivity index is 1.91. The van der Waals surface area contributed by atoms with Gasteiger partial charge in [0.05, 0.1) is 0 Å². The van der Waals surface area contributed by atoms with Crippen molar-refractivity contribution < 1.29 is 18.0 Å². The molecule has 2 rings (SSSR count). The highest BCUT2D eigenvalue weighted by Gasteiger charge is 2.18. The summed E-state index contributed by atoms with van der Waals surface area (Å²) in [7, 11) is -3.57. The Kier molecular flexibility index (Phi) is 5.12. The number of amides is 1. The molecule has 1 amide bonds. The maximum absolute atomic E-state index is 11.9. The van der Waals surface area contributed by atoms with Gasteiger partial charge in [0.2, 0.25) is 0 Å². The Hall–Kier alpha value is -2.39. The topological polar surface area (TPSA) is 111 Å². The molecule has 116 valence electrons. The first kappa shape index (κ1) is 16.0. The summed E-state index contributed by atoms with van der Waals surface area (Å²) in [5.41, 5.74) is 6.00. The number of nitrogens with one attached hydrogen (secondary N) is 1. The highest BCUT2D eigenvalue weighted by atomic mass is 32.2. The lowest BCUT2D eigenvalue weighted by Gasteiger charge is -2.03. The van der Waals surface area contributed by atoms with Crippen molar-refractivity contribution >= 4 is 38.8 Å². The number of nitrogens with two attached hydrogens (primary N) is 1. The van der Waals surface area contributed by atoms with Crippen molar-refractivity contribution in [2.75, 3.05) is 11.1 Å². The van der Waals surface area contributed by atoms with Crippen LogP contribution in [0.4, 0.5) is 10.5 Å². The Morgan fingerprint density at radius 1 is 1.23 bits per heavy atom. The van der Waals surface area contributed by atoms with E-state index in [0.717, 1.165) is 11.3 Å². The molecular weight excluding hydrogens is 326 g/mol. The van der Waals surface area contributed by atoms with E-state index in [1.165, 1.54) is 6.07 Å². The van der Waals surface area contributed by atoms with Gasteiger partial charge in [-0.3, -0.25) is 10.2 Å². The molecule has 0 spiro atoms. The fourth-order valence-electron chi connectivity index (χ4n) is 1.49. The molecule has 0 atom stereocenters. The van der Waals surface area contributed by atoms with E-state index in [2.05, 4.69) is 15.3 Å². The second kappa shape index (κ2) is 7.05. The standard InChI is InChI=1S/C13H13N3O4S2/c14-11(9-22(18,19)12-7-4-8-21-12)16-20-13(17)15-10-5-2-1-3-6-10/h1-8H,9H2,(H2,14,16)(H,15,17). The zero-order chi connectivity index (χ0) is 16.0. The molecular formula is C13H13N3O4S2. The average Bonchev–Trinajstić information content (AvgIpc) is 3.01. The predicted octanol–water partition coefficient (Wildman–Crippen LogP) is 2.04. The van der Waals surface area contributed by atoms with Gasteiger partial charge >= 0.3 is 6.09 Å². The zero-order valence-electron chi connectivity index (χ0n) is 11.3. The third-order valence-corrected chi connectivity index (χ3v) is 5.54. The summed E-state index contributed by atoms with van der Waals surface area (Å²) < 4.78 is 24.0. The quantitative estimate of drug-likeness (QED) is 0.375. The van der Waals surface area contributed by atoms with Crippen LogP contribution in [0, 0.1) is 0 Å². The van der Waals surface area contributed by atoms with Crippen molar-refractivity contribution in [3.05, 3.63) is 47.8 Å². The molecule has 0 aliphatic heterocycles. The smallest absolute Gasteiger partial charge is 0.384 e. The number of rotatable bonds is 5. The van der Waals surface area contributed by atoms with E-state index in [0.29, 0.717) is 5.69 Å². The van der Waals surface area contributed by atoms with Gasteiger partial charge in [-0.1, -0.05) is 29.4 Å². The highest BCUT2D eigenvalue weighted by Crippen LogP contribution is 2.17. The lowest BCUT2D eigenvalue weighted by molar-refractivity contribution is 0.166. The highest BCUT2D eigenvalue weighted by molar-refractivity contribution is 7.94. The number of amidine groups is 1. The van der Waals surface area contributed by atoms with Crippen LogP contribution in [0.1, 0.15) is 0 Å². The number of carbonyl (C=O) groups is 1. The van der Waals surface area contributed by atoms with E-state index in [1.54, 1.807) is 41.8 Å². The van der Waals surface area contributed by atoms with Gasteiger partial charge < -0.3 is 5.73 Å². The maximum Gasteiger partial charge on any atom is 0.437 e. The summed E-state index contributed by atoms with van der Waals surface area (Å²) in [6.07, 6.45) is -0.859. The van der Waals surface area contributed by atoms with Gasteiger partial charge in [-0.2, -0.15) is 0 Å². The lowest BCUT2D eigenvalue weighted by atomic mass is 10.3. The molecule has 1 aromatic carbocycles. The van der Waals surface area contributed by atoms with Crippen LogP contribution in [0.25, 0.3) is 0 Å². The molecule has 0 bridgehead atoms. The molecule has 0 aliphatic carbocycles. The Labute approximate surface area is 131 Å². The van der Waals surface area contributed by atoms with Crippen molar-refractivity contribution in [1.82, 2.24) is 0 Å². The molecule has 0 unspecified atom stereocenters. The molecule has 3 N–H and O–H groups in total. The number of oxime groups is 1. The van der Waals surface area contributed by atoms with Crippen molar-refractivity contribution in [2.24, 2.45) is 10.9 Å². The number of para-hydroxylation sites is 1. The number of carbonyl (C=O) groups excluding carboxylic acids is 1. The van der Waals surface area contributed by atoms with E-state index in [4.69, 9.17) is 5.73 Å². The minimum absolute atomic E-state index is 0.180. The number of hydrogen-bond acceptors (Lipinski definition) is 6. The van der Waals surface area contributed by atoms with Crippen LogP contribution < -0.4 is 11.1 Å². The van der Waals surface area contributed by atoms with Gasteiger partial charge in [-0.25, -0.2) is 13.2 Å². The normalized spacial score (nSPS) is 11.9. The number of hydrogen-bond donors (Lipinski definition) is 2. The minimum atomic E-state index is -3.57. The molecule has 2 aromatic rings. The van der Waals surface area contributed by atoms with Crippen LogP contribution in [0.3, 0.4) is 0 Å². The third kappa shape index (κ3) is 4.57. The van der Waals surface area contributed by atoms with Crippen molar-refractivity contribution in [3.8, 4) is 0 Å². The van der Waals surface area contributed by atoms with Crippen LogP contribution >= 0.6 is 11.3 Å².